The van der Waals surface area contributed by atoms with Gasteiger partial charge >= 0.3 is 0 Å². The molecule has 5 aliphatic rings. The van der Waals surface area contributed by atoms with Crippen molar-refractivity contribution in [3.8, 4) is 45.4 Å². The standard InChI is InChI=1S/C41H43Cl2N5O3/c1-4-23-18-47(19-23)32-13-11-24-15-30(45-39(50-2)35(24)32)28-9-5-7-26(37(28)42)27-8-6-10-29(38(27)43)31-16-25-12-14-33(36(25)40(46-31)51-3)48-21-41(22-48)17-34(49)44-20-41/h5-10,15-16,23,32-33H,4,11-14,17-22H2,1-3H3,(H,44,49). The van der Waals surface area contributed by atoms with E-state index in [1.165, 1.54) is 23.1 Å². The number of nitrogens with zero attached hydrogens (tertiary/aromatic N) is 4. The molecule has 0 radical (unpaired) electrons. The summed E-state index contributed by atoms with van der Waals surface area (Å²) in [4.78, 5) is 27.1. The summed E-state index contributed by atoms with van der Waals surface area (Å²) in [6, 6.07) is 17.1. The van der Waals surface area contributed by atoms with Gasteiger partial charge in [0.15, 0.2) is 0 Å². The number of nitrogens with one attached hydrogen (secondary N) is 1. The number of rotatable bonds is 8. The summed E-state index contributed by atoms with van der Waals surface area (Å²) in [5.41, 5.74) is 9.95. The molecule has 8 nitrogen and oxygen atoms in total. The molecule has 2 aliphatic carbocycles. The van der Waals surface area contributed by atoms with Crippen molar-refractivity contribution >= 4 is 29.1 Å². The lowest BCUT2D eigenvalue weighted by Gasteiger charge is -2.50. The van der Waals surface area contributed by atoms with Crippen molar-refractivity contribution in [1.29, 1.82) is 0 Å². The number of aryl methyl sites for hydroxylation is 2. The Balaban J connectivity index is 1.02. The van der Waals surface area contributed by atoms with E-state index in [-0.39, 0.29) is 17.4 Å². The average Bonchev–Trinajstić information content (AvgIpc) is 3.84. The van der Waals surface area contributed by atoms with Crippen molar-refractivity contribution in [2.24, 2.45) is 11.3 Å². The molecule has 4 aromatic rings. The van der Waals surface area contributed by atoms with Gasteiger partial charge in [0, 0.05) is 90.0 Å². The van der Waals surface area contributed by atoms with Gasteiger partial charge in [-0.05, 0) is 54.9 Å². The highest BCUT2D eigenvalue weighted by Crippen LogP contribution is 2.50. The van der Waals surface area contributed by atoms with Crippen molar-refractivity contribution in [3.05, 3.63) is 80.8 Å². The SMILES string of the molecule is CCC1CN(C2CCc3cc(-c4cccc(-c5cccc(-c6cc7c(c(OC)n6)C(N6CC8(CNC(=O)C8)C6)CC7)c5Cl)c4Cl)nc(OC)c32)C1. The minimum atomic E-state index is 0.0745. The second-order valence-corrected chi connectivity index (χ2v) is 16.0. The summed E-state index contributed by atoms with van der Waals surface area (Å²) in [5, 5.41) is 4.21. The number of ether oxygens (including phenoxy) is 2. The molecule has 0 saturated carbocycles. The molecule has 10 heteroatoms. The van der Waals surface area contributed by atoms with E-state index in [0.717, 1.165) is 104 Å². The van der Waals surface area contributed by atoms with Gasteiger partial charge in [-0.1, -0.05) is 72.9 Å². The zero-order valence-corrected chi connectivity index (χ0v) is 30.9. The van der Waals surface area contributed by atoms with Gasteiger partial charge in [-0.25, -0.2) is 9.97 Å². The molecule has 51 heavy (non-hydrogen) atoms. The van der Waals surface area contributed by atoms with E-state index in [4.69, 9.17) is 42.6 Å². The van der Waals surface area contributed by atoms with Crippen LogP contribution in [0.15, 0.2) is 48.5 Å². The van der Waals surface area contributed by atoms with E-state index < -0.39 is 0 Å². The first-order chi connectivity index (χ1) is 24.8. The second-order valence-electron chi connectivity index (χ2n) is 15.2. The number of pyridine rings is 2. The van der Waals surface area contributed by atoms with Crippen LogP contribution in [0.5, 0.6) is 11.8 Å². The molecule has 2 unspecified atom stereocenters. The van der Waals surface area contributed by atoms with E-state index in [1.54, 1.807) is 14.2 Å². The highest BCUT2D eigenvalue weighted by molar-refractivity contribution is 6.39. The molecule has 264 valence electrons. The first-order valence-corrected chi connectivity index (χ1v) is 19.0. The van der Waals surface area contributed by atoms with Crippen LogP contribution in [0.2, 0.25) is 10.0 Å². The Labute approximate surface area is 309 Å². The lowest BCUT2D eigenvalue weighted by atomic mass is 9.77. The number of methoxy groups -OCH3 is 2. The smallest absolute Gasteiger partial charge is 0.220 e. The van der Waals surface area contributed by atoms with Crippen LogP contribution in [-0.4, -0.2) is 72.6 Å². The van der Waals surface area contributed by atoms with E-state index in [2.05, 4.69) is 34.2 Å². The Kier molecular flexibility index (Phi) is 8.30. The molecule has 1 N–H and O–H groups in total. The number of halogens is 2. The Morgan fingerprint density at radius 3 is 1.78 bits per heavy atom. The van der Waals surface area contributed by atoms with Gasteiger partial charge in [-0.2, -0.15) is 0 Å². The van der Waals surface area contributed by atoms with Crippen LogP contribution in [0, 0.1) is 11.3 Å². The lowest BCUT2D eigenvalue weighted by Crippen LogP contribution is -2.58. The monoisotopic (exact) mass is 723 g/mol. The van der Waals surface area contributed by atoms with E-state index in [1.807, 2.05) is 36.4 Å². The van der Waals surface area contributed by atoms with Crippen LogP contribution in [0.3, 0.4) is 0 Å². The fraction of sp³-hybridized carbons (Fsp3) is 0.439. The molecule has 2 aromatic heterocycles. The molecule has 3 aliphatic heterocycles. The third kappa shape index (κ3) is 5.44. The number of aromatic nitrogens is 2. The maximum absolute atomic E-state index is 11.9. The Hall–Kier alpha value is -3.69. The number of amides is 1. The summed E-state index contributed by atoms with van der Waals surface area (Å²) in [7, 11) is 3.41. The lowest BCUT2D eigenvalue weighted by molar-refractivity contribution is -0.121. The maximum Gasteiger partial charge on any atom is 0.220 e. The van der Waals surface area contributed by atoms with Gasteiger partial charge in [-0.3, -0.25) is 14.6 Å². The highest BCUT2D eigenvalue weighted by atomic mass is 35.5. The van der Waals surface area contributed by atoms with E-state index in [0.29, 0.717) is 34.3 Å². The maximum atomic E-state index is 11.9. The summed E-state index contributed by atoms with van der Waals surface area (Å²) >= 11 is 14.5. The topological polar surface area (TPSA) is 79.8 Å². The fourth-order valence-electron chi connectivity index (χ4n) is 9.49. The minimum absolute atomic E-state index is 0.0745. The van der Waals surface area contributed by atoms with Crippen molar-refractivity contribution < 1.29 is 14.3 Å². The van der Waals surface area contributed by atoms with Crippen molar-refractivity contribution in [2.45, 2.75) is 57.5 Å². The van der Waals surface area contributed by atoms with Crippen molar-refractivity contribution in [1.82, 2.24) is 25.1 Å². The molecule has 1 amide bonds. The Morgan fingerprint density at radius 1 is 0.804 bits per heavy atom. The van der Waals surface area contributed by atoms with Gasteiger partial charge in [-0.15, -0.1) is 0 Å². The second kappa shape index (κ2) is 12.8. The van der Waals surface area contributed by atoms with Gasteiger partial charge < -0.3 is 14.8 Å². The predicted octanol–water partition coefficient (Wildman–Crippen LogP) is 7.94. The Morgan fingerprint density at radius 2 is 1.31 bits per heavy atom. The van der Waals surface area contributed by atoms with Crippen LogP contribution in [-0.2, 0) is 17.6 Å². The van der Waals surface area contributed by atoms with E-state index >= 15 is 0 Å². The molecule has 1 spiro atoms. The average molecular weight is 725 g/mol. The predicted molar refractivity (Wildman–Crippen MR) is 201 cm³/mol. The number of carbonyl (C=O) groups excluding carboxylic acids is 1. The van der Waals surface area contributed by atoms with Crippen LogP contribution >= 0.6 is 23.2 Å². The van der Waals surface area contributed by atoms with Crippen molar-refractivity contribution in [3.63, 3.8) is 0 Å². The fourth-order valence-corrected chi connectivity index (χ4v) is 10.1. The minimum Gasteiger partial charge on any atom is -0.481 e. The number of likely N-dealkylation sites (tertiary alicyclic amines) is 2. The third-order valence-corrected chi connectivity index (χ3v) is 13.0. The molecule has 3 saturated heterocycles. The molecule has 9 rings (SSSR count). The summed E-state index contributed by atoms with van der Waals surface area (Å²) < 4.78 is 11.9. The van der Waals surface area contributed by atoms with Crippen LogP contribution in [0.25, 0.3) is 33.6 Å². The quantitative estimate of drug-likeness (QED) is 0.198. The zero-order chi connectivity index (χ0) is 35.0. The molecule has 5 heterocycles. The first kappa shape index (κ1) is 33.2. The highest BCUT2D eigenvalue weighted by Gasteiger charge is 2.51. The summed E-state index contributed by atoms with van der Waals surface area (Å²) in [6.07, 6.45) is 5.88. The first-order valence-electron chi connectivity index (χ1n) is 18.3. The van der Waals surface area contributed by atoms with E-state index in [9.17, 15) is 4.79 Å². The zero-order valence-electron chi connectivity index (χ0n) is 29.4. The van der Waals surface area contributed by atoms with Crippen molar-refractivity contribution in [2.75, 3.05) is 46.9 Å². The summed E-state index contributed by atoms with van der Waals surface area (Å²) in [6.45, 7) is 7.18. The number of carbonyl (C=O) groups is 1. The normalized spacial score (nSPS) is 22.4. The number of hydrogen-bond acceptors (Lipinski definition) is 7. The Bertz CT molecular complexity index is 2060. The van der Waals surface area contributed by atoms with Crippen LogP contribution in [0.1, 0.15) is 66.9 Å². The molecular weight excluding hydrogens is 681 g/mol. The number of benzene rings is 2. The number of fused-ring (bicyclic) bond motifs is 2. The third-order valence-electron chi connectivity index (χ3n) is 12.2. The molecule has 3 fully saturated rings. The molecule has 2 aromatic carbocycles. The molecule has 0 bridgehead atoms. The van der Waals surface area contributed by atoms with Crippen LogP contribution < -0.4 is 14.8 Å². The molecule has 2 atom stereocenters. The number of hydrogen-bond donors (Lipinski definition) is 1. The largest absolute Gasteiger partial charge is 0.481 e. The van der Waals surface area contributed by atoms with Gasteiger partial charge in [0.05, 0.1) is 35.7 Å². The van der Waals surface area contributed by atoms with Crippen LogP contribution in [0.4, 0.5) is 0 Å². The summed E-state index contributed by atoms with van der Waals surface area (Å²) in [5.74, 6) is 2.30. The van der Waals surface area contributed by atoms with Gasteiger partial charge in [0.2, 0.25) is 17.7 Å². The van der Waals surface area contributed by atoms with Gasteiger partial charge in [0.25, 0.3) is 0 Å². The molecular formula is C41H43Cl2N5O3. The van der Waals surface area contributed by atoms with Gasteiger partial charge in [0.1, 0.15) is 0 Å².